The van der Waals surface area contributed by atoms with E-state index in [9.17, 15) is 0 Å². The Bertz CT molecular complexity index is 451. The summed E-state index contributed by atoms with van der Waals surface area (Å²) in [6.45, 7) is 0. The summed E-state index contributed by atoms with van der Waals surface area (Å²) in [7, 11) is 0. The van der Waals surface area contributed by atoms with Gasteiger partial charge in [-0.05, 0) is 0 Å². The Morgan fingerprint density at radius 2 is 2.21 bits per heavy atom. The Morgan fingerprint density at radius 1 is 1.36 bits per heavy atom. The van der Waals surface area contributed by atoms with Crippen LogP contribution >= 0.6 is 12.2 Å². The van der Waals surface area contributed by atoms with Crippen molar-refractivity contribution in [2.45, 2.75) is 0 Å². The number of hydrogen-bond donors (Lipinski definition) is 1. The predicted octanol–water partition coefficient (Wildman–Crippen LogP) is -0.308. The van der Waals surface area contributed by atoms with Gasteiger partial charge < -0.3 is 5.73 Å². The second-order valence-electron chi connectivity index (χ2n) is 2.47. The SMILES string of the molecule is NC(=S)c1cncc(-n2cncn2)n1. The number of nitrogens with zero attached hydrogens (tertiary/aromatic N) is 5. The Kier molecular flexibility index (Phi) is 2.15. The van der Waals surface area contributed by atoms with Crippen LogP contribution in [-0.2, 0) is 0 Å². The lowest BCUT2D eigenvalue weighted by Crippen LogP contribution is -2.13. The fourth-order valence-corrected chi connectivity index (χ4v) is 1.01. The smallest absolute Gasteiger partial charge is 0.174 e. The van der Waals surface area contributed by atoms with E-state index in [-0.39, 0.29) is 4.99 Å². The van der Waals surface area contributed by atoms with Gasteiger partial charge in [-0.2, -0.15) is 5.10 Å². The molecule has 0 spiro atoms. The molecule has 2 N–H and O–H groups in total. The standard InChI is InChI=1S/C7H6N6S/c8-7(14)5-1-9-2-6(12-5)13-4-10-3-11-13/h1-4H,(H2,8,14). The van der Waals surface area contributed by atoms with Crippen molar-refractivity contribution in [2.75, 3.05) is 0 Å². The fraction of sp³-hybridized carbons (Fsp3) is 0. The highest BCUT2D eigenvalue weighted by Gasteiger charge is 2.02. The zero-order chi connectivity index (χ0) is 9.97. The molecule has 7 heteroatoms. The maximum absolute atomic E-state index is 5.42. The Labute approximate surface area is 84.8 Å². The van der Waals surface area contributed by atoms with Crippen LogP contribution < -0.4 is 5.73 Å². The first-order chi connectivity index (χ1) is 6.77. The summed E-state index contributed by atoms with van der Waals surface area (Å²) in [6.07, 6.45) is 5.99. The highest BCUT2D eigenvalue weighted by Crippen LogP contribution is 2.00. The van der Waals surface area contributed by atoms with Gasteiger partial charge in [-0.25, -0.2) is 14.6 Å². The van der Waals surface area contributed by atoms with Gasteiger partial charge in [0.15, 0.2) is 5.82 Å². The minimum Gasteiger partial charge on any atom is -0.388 e. The van der Waals surface area contributed by atoms with Crippen LogP contribution in [0, 0.1) is 0 Å². The second kappa shape index (κ2) is 3.46. The van der Waals surface area contributed by atoms with Crippen molar-refractivity contribution in [1.82, 2.24) is 24.7 Å². The van der Waals surface area contributed by atoms with Crippen LogP contribution in [0.1, 0.15) is 5.69 Å². The van der Waals surface area contributed by atoms with Crippen LogP contribution in [0.15, 0.2) is 25.0 Å². The molecule has 70 valence electrons. The van der Waals surface area contributed by atoms with Gasteiger partial charge >= 0.3 is 0 Å². The van der Waals surface area contributed by atoms with Crippen molar-refractivity contribution in [3.05, 3.63) is 30.7 Å². The van der Waals surface area contributed by atoms with Crippen molar-refractivity contribution >= 4 is 17.2 Å². The lowest BCUT2D eigenvalue weighted by Gasteiger charge is -2.00. The second-order valence-corrected chi connectivity index (χ2v) is 2.91. The number of hydrogen-bond acceptors (Lipinski definition) is 5. The van der Waals surface area contributed by atoms with Gasteiger partial charge in [-0.15, -0.1) is 0 Å². The molecule has 2 rings (SSSR count). The summed E-state index contributed by atoms with van der Waals surface area (Å²) >= 11 is 4.78. The molecule has 0 aliphatic heterocycles. The molecule has 0 unspecified atom stereocenters. The Hall–Kier alpha value is -1.89. The number of nitrogens with two attached hydrogens (primary N) is 1. The third kappa shape index (κ3) is 1.57. The summed E-state index contributed by atoms with van der Waals surface area (Å²) < 4.78 is 1.48. The molecule has 0 fully saturated rings. The van der Waals surface area contributed by atoms with Crippen LogP contribution in [-0.4, -0.2) is 29.7 Å². The van der Waals surface area contributed by atoms with Crippen molar-refractivity contribution in [3.63, 3.8) is 0 Å². The molecule has 14 heavy (non-hydrogen) atoms. The molecular formula is C7H6N6S. The van der Waals surface area contributed by atoms with Crippen LogP contribution in [0.4, 0.5) is 0 Å². The van der Waals surface area contributed by atoms with Crippen molar-refractivity contribution < 1.29 is 0 Å². The normalized spacial score (nSPS) is 10.0. The van der Waals surface area contributed by atoms with Gasteiger partial charge in [-0.1, -0.05) is 12.2 Å². The third-order valence-corrected chi connectivity index (χ3v) is 1.74. The third-order valence-electron chi connectivity index (χ3n) is 1.53. The lowest BCUT2D eigenvalue weighted by atomic mass is 10.4. The van der Waals surface area contributed by atoms with Gasteiger partial charge in [0.2, 0.25) is 0 Å². The molecule has 0 aromatic carbocycles. The van der Waals surface area contributed by atoms with Gasteiger partial charge in [0.1, 0.15) is 23.3 Å². The summed E-state index contributed by atoms with van der Waals surface area (Å²) in [5.41, 5.74) is 5.89. The average Bonchev–Trinajstić information content (AvgIpc) is 2.71. The van der Waals surface area contributed by atoms with E-state index in [2.05, 4.69) is 20.1 Å². The topological polar surface area (TPSA) is 82.5 Å². The van der Waals surface area contributed by atoms with Crippen molar-refractivity contribution in [1.29, 1.82) is 0 Å². The van der Waals surface area contributed by atoms with E-state index >= 15 is 0 Å². The Balaban J connectivity index is 2.46. The number of thiocarbonyl (C=S) groups is 1. The number of rotatable bonds is 2. The molecule has 0 atom stereocenters. The largest absolute Gasteiger partial charge is 0.388 e. The molecule has 0 aliphatic carbocycles. The maximum atomic E-state index is 5.42. The minimum absolute atomic E-state index is 0.208. The van der Waals surface area contributed by atoms with Gasteiger partial charge in [0.05, 0.1) is 12.4 Å². The van der Waals surface area contributed by atoms with E-state index in [1.807, 2.05) is 0 Å². The van der Waals surface area contributed by atoms with E-state index in [4.69, 9.17) is 18.0 Å². The first-order valence-electron chi connectivity index (χ1n) is 3.74. The summed E-state index contributed by atoms with van der Waals surface area (Å²) in [6, 6.07) is 0. The highest BCUT2D eigenvalue weighted by molar-refractivity contribution is 7.80. The monoisotopic (exact) mass is 206 g/mol. The van der Waals surface area contributed by atoms with Crippen LogP contribution in [0.2, 0.25) is 0 Å². The molecule has 6 nitrogen and oxygen atoms in total. The molecule has 0 saturated heterocycles. The average molecular weight is 206 g/mol. The molecule has 0 amide bonds. The van der Waals surface area contributed by atoms with E-state index in [0.717, 1.165) is 0 Å². The molecule has 0 saturated carbocycles. The molecule has 2 aromatic rings. The van der Waals surface area contributed by atoms with Crippen molar-refractivity contribution in [2.24, 2.45) is 5.73 Å². The van der Waals surface area contributed by atoms with Crippen LogP contribution in [0.5, 0.6) is 0 Å². The summed E-state index contributed by atoms with van der Waals surface area (Å²) in [5.74, 6) is 0.535. The first kappa shape index (κ1) is 8.70. The van der Waals surface area contributed by atoms with E-state index in [1.54, 1.807) is 6.20 Å². The fourth-order valence-electron chi connectivity index (χ4n) is 0.911. The van der Waals surface area contributed by atoms with E-state index in [1.165, 1.54) is 23.5 Å². The lowest BCUT2D eigenvalue weighted by molar-refractivity contribution is 0.834. The minimum atomic E-state index is 0.208. The molecule has 0 bridgehead atoms. The quantitative estimate of drug-likeness (QED) is 0.679. The van der Waals surface area contributed by atoms with Crippen molar-refractivity contribution in [3.8, 4) is 5.82 Å². The Morgan fingerprint density at radius 3 is 2.86 bits per heavy atom. The van der Waals surface area contributed by atoms with E-state index in [0.29, 0.717) is 11.5 Å². The zero-order valence-corrected chi connectivity index (χ0v) is 7.85. The molecule has 0 aliphatic rings. The van der Waals surface area contributed by atoms with Gasteiger partial charge in [0.25, 0.3) is 0 Å². The molecular weight excluding hydrogens is 200 g/mol. The predicted molar refractivity (Wildman–Crippen MR) is 52.8 cm³/mol. The summed E-state index contributed by atoms with van der Waals surface area (Å²) in [4.78, 5) is 12.1. The molecule has 0 radical (unpaired) electrons. The van der Waals surface area contributed by atoms with Gasteiger partial charge in [0, 0.05) is 0 Å². The highest BCUT2D eigenvalue weighted by atomic mass is 32.1. The molecule has 2 heterocycles. The number of aromatic nitrogens is 5. The first-order valence-corrected chi connectivity index (χ1v) is 4.15. The molecule has 2 aromatic heterocycles. The van der Waals surface area contributed by atoms with E-state index < -0.39 is 0 Å². The zero-order valence-electron chi connectivity index (χ0n) is 7.03. The van der Waals surface area contributed by atoms with Crippen LogP contribution in [0.3, 0.4) is 0 Å². The van der Waals surface area contributed by atoms with Gasteiger partial charge in [-0.3, -0.25) is 4.98 Å². The van der Waals surface area contributed by atoms with Crippen LogP contribution in [0.25, 0.3) is 5.82 Å². The maximum Gasteiger partial charge on any atom is 0.174 e. The summed E-state index contributed by atoms with van der Waals surface area (Å²) in [5, 5.41) is 3.91.